The molecule has 0 radical (unpaired) electrons. The Hall–Kier alpha value is -1.72. The Morgan fingerprint density at radius 3 is 2.94 bits per heavy atom. The van der Waals surface area contributed by atoms with Gasteiger partial charge in [-0.2, -0.15) is 5.10 Å². The molecule has 5 nitrogen and oxygen atoms in total. The molecule has 0 fully saturated rings. The van der Waals surface area contributed by atoms with Crippen molar-refractivity contribution in [1.82, 2.24) is 20.2 Å². The number of nitrogens with two attached hydrogens (primary N) is 1. The van der Waals surface area contributed by atoms with E-state index >= 15 is 0 Å². The zero-order valence-electron chi connectivity index (χ0n) is 10.8. The summed E-state index contributed by atoms with van der Waals surface area (Å²) in [6.45, 7) is 2.10. The fourth-order valence-corrected chi connectivity index (χ4v) is 2.13. The first-order chi connectivity index (χ1) is 8.74. The highest BCUT2D eigenvalue weighted by molar-refractivity contribution is 5.24. The van der Waals surface area contributed by atoms with Crippen molar-refractivity contribution in [1.29, 1.82) is 0 Å². The molecule has 18 heavy (non-hydrogen) atoms. The highest BCUT2D eigenvalue weighted by atomic mass is 15.3. The van der Waals surface area contributed by atoms with Gasteiger partial charge in [0, 0.05) is 31.2 Å². The monoisotopic (exact) mass is 245 g/mol. The number of hydrogen-bond donors (Lipinski definition) is 2. The van der Waals surface area contributed by atoms with Crippen molar-refractivity contribution in [3.05, 3.63) is 47.5 Å². The standard InChI is InChI=1S/C13H19N5/c1-3-12-11(9-18(2)17-12)13(16-14)7-10-5-4-6-15-8-10/h4-6,8-9,13,16H,3,7,14H2,1-2H3. The van der Waals surface area contributed by atoms with Crippen LogP contribution in [0.4, 0.5) is 0 Å². The van der Waals surface area contributed by atoms with Crippen LogP contribution < -0.4 is 11.3 Å². The van der Waals surface area contributed by atoms with Crippen molar-refractivity contribution in [2.45, 2.75) is 25.8 Å². The van der Waals surface area contributed by atoms with E-state index in [1.165, 1.54) is 0 Å². The average molecular weight is 245 g/mol. The average Bonchev–Trinajstić information content (AvgIpc) is 2.78. The van der Waals surface area contributed by atoms with Crippen LogP contribution in [0.25, 0.3) is 0 Å². The highest BCUT2D eigenvalue weighted by Gasteiger charge is 2.17. The highest BCUT2D eigenvalue weighted by Crippen LogP contribution is 2.20. The van der Waals surface area contributed by atoms with E-state index in [1.54, 1.807) is 6.20 Å². The van der Waals surface area contributed by atoms with Gasteiger partial charge in [-0.05, 0) is 24.5 Å². The molecule has 0 aromatic carbocycles. The molecule has 96 valence electrons. The number of hydrazine groups is 1. The van der Waals surface area contributed by atoms with Crippen LogP contribution in [0.1, 0.15) is 29.8 Å². The molecular formula is C13H19N5. The predicted octanol–water partition coefficient (Wildman–Crippen LogP) is 1.12. The molecule has 0 bridgehead atoms. The van der Waals surface area contributed by atoms with E-state index in [1.807, 2.05) is 30.2 Å². The van der Waals surface area contributed by atoms with Crippen LogP contribution >= 0.6 is 0 Å². The zero-order chi connectivity index (χ0) is 13.0. The lowest BCUT2D eigenvalue weighted by Gasteiger charge is -2.15. The number of pyridine rings is 1. The number of rotatable bonds is 5. The number of nitrogens with one attached hydrogen (secondary N) is 1. The first kappa shape index (κ1) is 12.7. The maximum absolute atomic E-state index is 5.68. The second-order valence-electron chi connectivity index (χ2n) is 4.34. The number of aromatic nitrogens is 3. The maximum Gasteiger partial charge on any atom is 0.0670 e. The quantitative estimate of drug-likeness (QED) is 0.612. The zero-order valence-corrected chi connectivity index (χ0v) is 10.8. The van der Waals surface area contributed by atoms with Crippen molar-refractivity contribution >= 4 is 0 Å². The molecule has 2 aromatic heterocycles. The van der Waals surface area contributed by atoms with Crippen LogP contribution in [0.3, 0.4) is 0 Å². The van der Waals surface area contributed by atoms with Crippen molar-refractivity contribution in [2.24, 2.45) is 12.9 Å². The van der Waals surface area contributed by atoms with E-state index in [0.29, 0.717) is 0 Å². The van der Waals surface area contributed by atoms with Crippen LogP contribution in [0.5, 0.6) is 0 Å². The first-order valence-electron chi connectivity index (χ1n) is 6.12. The van der Waals surface area contributed by atoms with Gasteiger partial charge in [0.1, 0.15) is 0 Å². The molecule has 0 saturated heterocycles. The van der Waals surface area contributed by atoms with Crippen LogP contribution in [-0.4, -0.2) is 14.8 Å². The summed E-state index contributed by atoms with van der Waals surface area (Å²) in [7, 11) is 1.93. The van der Waals surface area contributed by atoms with Crippen LogP contribution in [0, 0.1) is 0 Å². The normalized spacial score (nSPS) is 12.6. The minimum Gasteiger partial charge on any atom is -0.275 e. The molecule has 2 aromatic rings. The van der Waals surface area contributed by atoms with Gasteiger partial charge in [0.25, 0.3) is 0 Å². The fraction of sp³-hybridized carbons (Fsp3) is 0.385. The third-order valence-electron chi connectivity index (χ3n) is 3.01. The molecule has 0 spiro atoms. The lowest BCUT2D eigenvalue weighted by Crippen LogP contribution is -2.30. The SMILES string of the molecule is CCc1nn(C)cc1C(Cc1cccnc1)NN. The second-order valence-corrected chi connectivity index (χ2v) is 4.34. The molecule has 3 N–H and O–H groups in total. The molecule has 5 heteroatoms. The summed E-state index contributed by atoms with van der Waals surface area (Å²) in [5.41, 5.74) is 6.28. The van der Waals surface area contributed by atoms with Gasteiger partial charge in [-0.15, -0.1) is 0 Å². The summed E-state index contributed by atoms with van der Waals surface area (Å²) < 4.78 is 1.84. The molecule has 0 amide bonds. The summed E-state index contributed by atoms with van der Waals surface area (Å²) in [6.07, 6.45) is 7.38. The van der Waals surface area contributed by atoms with Crippen LogP contribution in [0.2, 0.25) is 0 Å². The third-order valence-corrected chi connectivity index (χ3v) is 3.01. The molecule has 0 aliphatic carbocycles. The minimum atomic E-state index is 0.0675. The van der Waals surface area contributed by atoms with E-state index in [9.17, 15) is 0 Å². The van der Waals surface area contributed by atoms with Crippen molar-refractivity contribution in [3.63, 3.8) is 0 Å². The van der Waals surface area contributed by atoms with Crippen molar-refractivity contribution in [3.8, 4) is 0 Å². The van der Waals surface area contributed by atoms with Gasteiger partial charge in [0.15, 0.2) is 0 Å². The first-order valence-corrected chi connectivity index (χ1v) is 6.12. The van der Waals surface area contributed by atoms with Gasteiger partial charge in [-0.25, -0.2) is 0 Å². The van der Waals surface area contributed by atoms with Gasteiger partial charge in [0.05, 0.1) is 11.7 Å². The lowest BCUT2D eigenvalue weighted by atomic mass is 10.00. The van der Waals surface area contributed by atoms with Gasteiger partial charge in [-0.1, -0.05) is 13.0 Å². The Kier molecular flexibility index (Phi) is 4.07. The Morgan fingerprint density at radius 2 is 2.33 bits per heavy atom. The second kappa shape index (κ2) is 5.75. The van der Waals surface area contributed by atoms with Crippen molar-refractivity contribution in [2.75, 3.05) is 0 Å². The molecule has 2 heterocycles. The topological polar surface area (TPSA) is 68.8 Å². The molecular weight excluding hydrogens is 226 g/mol. The van der Waals surface area contributed by atoms with Crippen LogP contribution in [-0.2, 0) is 19.9 Å². The summed E-state index contributed by atoms with van der Waals surface area (Å²) in [6, 6.07) is 4.06. The molecule has 2 rings (SSSR count). The van der Waals surface area contributed by atoms with E-state index in [0.717, 1.165) is 29.7 Å². The van der Waals surface area contributed by atoms with Crippen molar-refractivity contribution < 1.29 is 0 Å². The van der Waals surface area contributed by atoms with Gasteiger partial charge in [0.2, 0.25) is 0 Å². The van der Waals surface area contributed by atoms with Gasteiger partial charge < -0.3 is 0 Å². The van der Waals surface area contributed by atoms with Crippen LogP contribution in [0.15, 0.2) is 30.7 Å². The lowest BCUT2D eigenvalue weighted by molar-refractivity contribution is 0.547. The molecule has 1 unspecified atom stereocenters. The number of nitrogens with zero attached hydrogens (tertiary/aromatic N) is 3. The Bertz CT molecular complexity index is 491. The molecule has 0 saturated carbocycles. The van der Waals surface area contributed by atoms with Gasteiger partial charge >= 0.3 is 0 Å². The Morgan fingerprint density at radius 1 is 1.50 bits per heavy atom. The summed E-state index contributed by atoms with van der Waals surface area (Å²) in [4.78, 5) is 4.12. The minimum absolute atomic E-state index is 0.0675. The summed E-state index contributed by atoms with van der Waals surface area (Å²) >= 11 is 0. The summed E-state index contributed by atoms with van der Waals surface area (Å²) in [5.74, 6) is 5.68. The maximum atomic E-state index is 5.68. The Balaban J connectivity index is 2.22. The fourth-order valence-electron chi connectivity index (χ4n) is 2.13. The number of hydrogen-bond acceptors (Lipinski definition) is 4. The number of aryl methyl sites for hydroxylation is 2. The molecule has 1 atom stereocenters. The smallest absolute Gasteiger partial charge is 0.0670 e. The Labute approximate surface area is 107 Å². The van der Waals surface area contributed by atoms with Gasteiger partial charge in [-0.3, -0.25) is 20.9 Å². The predicted molar refractivity (Wildman–Crippen MR) is 70.6 cm³/mol. The van der Waals surface area contributed by atoms with E-state index in [-0.39, 0.29) is 6.04 Å². The molecule has 0 aliphatic rings. The van der Waals surface area contributed by atoms with E-state index in [2.05, 4.69) is 28.5 Å². The third kappa shape index (κ3) is 2.75. The summed E-state index contributed by atoms with van der Waals surface area (Å²) in [5, 5.41) is 4.45. The van der Waals surface area contributed by atoms with E-state index in [4.69, 9.17) is 5.84 Å². The molecule has 0 aliphatic heterocycles. The van der Waals surface area contributed by atoms with E-state index < -0.39 is 0 Å². The largest absolute Gasteiger partial charge is 0.275 e.